The van der Waals surface area contributed by atoms with Gasteiger partial charge in [-0.05, 0) is 45.0 Å². The fourth-order valence-electron chi connectivity index (χ4n) is 3.12. The highest BCUT2D eigenvalue weighted by Crippen LogP contribution is 2.41. The maximum Gasteiger partial charge on any atom is 0.410 e. The molecule has 0 spiro atoms. The van der Waals surface area contributed by atoms with Gasteiger partial charge in [0, 0.05) is 37.3 Å². The lowest BCUT2D eigenvalue weighted by molar-refractivity contribution is -0.106. The first kappa shape index (κ1) is 26.2. The number of aromatic nitrogens is 1. The average molecular weight is 505 g/mol. The maximum absolute atomic E-state index is 14.7. The zero-order chi connectivity index (χ0) is 24.9. The molecule has 1 heterocycles. The molecule has 0 N–H and O–H groups in total. The van der Waals surface area contributed by atoms with Gasteiger partial charge in [-0.3, -0.25) is 0 Å². The van der Waals surface area contributed by atoms with E-state index in [1.165, 1.54) is 34.1 Å². The molecule has 34 heavy (non-hydrogen) atoms. The van der Waals surface area contributed by atoms with E-state index >= 15 is 0 Å². The Hall–Kier alpha value is -2.46. The van der Waals surface area contributed by atoms with Gasteiger partial charge < -0.3 is 19.1 Å². The van der Waals surface area contributed by atoms with Crippen molar-refractivity contribution in [2.45, 2.75) is 48.3 Å². The molecule has 2 aromatic carbocycles. The second-order valence-corrected chi connectivity index (χ2v) is 11.0. The molecular formula is C25H29FN2O4S2. The second kappa shape index (κ2) is 11.3. The quantitative estimate of drug-likeness (QED) is 0.316. The molecular weight excluding hydrogens is 475 g/mol. The number of methoxy groups -OCH3 is 2. The number of nitrogens with zero attached hydrogens (tertiary/aromatic N) is 2. The first-order chi connectivity index (χ1) is 16.1. The van der Waals surface area contributed by atoms with Crippen molar-refractivity contribution in [1.82, 2.24) is 9.88 Å². The van der Waals surface area contributed by atoms with Crippen LogP contribution in [0.5, 0.6) is 0 Å². The van der Waals surface area contributed by atoms with Gasteiger partial charge in [-0.15, -0.1) is 11.3 Å². The van der Waals surface area contributed by atoms with Gasteiger partial charge >= 0.3 is 6.09 Å². The molecule has 3 rings (SSSR count). The highest BCUT2D eigenvalue weighted by molar-refractivity contribution is 8.01. The summed E-state index contributed by atoms with van der Waals surface area (Å²) in [5.41, 5.74) is 1.23. The van der Waals surface area contributed by atoms with E-state index in [9.17, 15) is 9.18 Å². The number of amides is 1. The Labute approximate surface area is 208 Å². The Morgan fingerprint density at radius 2 is 1.85 bits per heavy atom. The van der Waals surface area contributed by atoms with Crippen molar-refractivity contribution in [1.29, 1.82) is 0 Å². The lowest BCUT2D eigenvalue weighted by Gasteiger charge is -2.24. The van der Waals surface area contributed by atoms with Crippen molar-refractivity contribution in [3.05, 3.63) is 64.9 Å². The van der Waals surface area contributed by atoms with Crippen molar-refractivity contribution in [3.63, 3.8) is 0 Å². The second-order valence-electron chi connectivity index (χ2n) is 8.54. The van der Waals surface area contributed by atoms with Crippen LogP contribution in [-0.4, -0.2) is 42.8 Å². The lowest BCUT2D eigenvalue weighted by atomic mass is 10.1. The van der Waals surface area contributed by atoms with Gasteiger partial charge in [0.05, 0.1) is 16.4 Å². The van der Waals surface area contributed by atoms with E-state index in [2.05, 4.69) is 0 Å². The van der Waals surface area contributed by atoms with Gasteiger partial charge in [0.1, 0.15) is 16.4 Å². The summed E-state index contributed by atoms with van der Waals surface area (Å²) < 4.78 is 31.7. The molecule has 6 nitrogen and oxygen atoms in total. The molecule has 0 saturated carbocycles. The molecule has 0 atom stereocenters. The van der Waals surface area contributed by atoms with E-state index in [-0.39, 0.29) is 12.4 Å². The standard InChI is InChI=1S/C25H29FN2O4S2/c1-25(2,3)32-24(29)28(4)15-20-27-21(18-12-7-8-13-19(18)26)23(34-20)33-17-11-9-10-16(14-17)22(30-5)31-6/h7-14,22H,15H2,1-6H3. The summed E-state index contributed by atoms with van der Waals surface area (Å²) in [5.74, 6) is -0.353. The largest absolute Gasteiger partial charge is 0.444 e. The van der Waals surface area contributed by atoms with Crippen molar-refractivity contribution < 1.29 is 23.4 Å². The molecule has 1 aromatic heterocycles. The zero-order valence-corrected chi connectivity index (χ0v) is 21.8. The highest BCUT2D eigenvalue weighted by atomic mass is 32.2. The van der Waals surface area contributed by atoms with Gasteiger partial charge in [0.25, 0.3) is 0 Å². The summed E-state index contributed by atoms with van der Waals surface area (Å²) in [6.45, 7) is 5.70. The number of rotatable bonds is 8. The predicted octanol–water partition coefficient (Wildman–Crippen LogP) is 6.76. The number of carbonyl (C=O) groups excluding carboxylic acids is 1. The SMILES string of the molecule is COC(OC)c1cccc(Sc2sc(CN(C)C(=O)OC(C)(C)C)nc2-c2ccccc2F)c1. The Bertz CT molecular complexity index is 1130. The van der Waals surface area contributed by atoms with Crippen LogP contribution in [0.3, 0.4) is 0 Å². The maximum atomic E-state index is 14.7. The molecule has 0 radical (unpaired) electrons. The van der Waals surface area contributed by atoms with E-state index in [0.717, 1.165) is 14.7 Å². The molecule has 1 amide bonds. The first-order valence-corrected chi connectivity index (χ1v) is 12.3. The van der Waals surface area contributed by atoms with Crippen LogP contribution in [0.2, 0.25) is 0 Å². The van der Waals surface area contributed by atoms with Gasteiger partial charge in [0.15, 0.2) is 6.29 Å². The number of ether oxygens (including phenoxy) is 3. The number of hydrogen-bond donors (Lipinski definition) is 0. The van der Waals surface area contributed by atoms with Gasteiger partial charge in [0.2, 0.25) is 0 Å². The fourth-order valence-corrected chi connectivity index (χ4v) is 5.53. The predicted molar refractivity (Wildman–Crippen MR) is 133 cm³/mol. The van der Waals surface area contributed by atoms with Gasteiger partial charge in [-0.1, -0.05) is 36.0 Å². The third kappa shape index (κ3) is 6.79. The van der Waals surface area contributed by atoms with E-state index in [0.29, 0.717) is 16.3 Å². The van der Waals surface area contributed by atoms with Crippen LogP contribution in [0.15, 0.2) is 57.6 Å². The van der Waals surface area contributed by atoms with E-state index in [4.69, 9.17) is 19.2 Å². The minimum Gasteiger partial charge on any atom is -0.444 e. The van der Waals surface area contributed by atoms with Crippen LogP contribution < -0.4 is 0 Å². The van der Waals surface area contributed by atoms with Crippen molar-refractivity contribution in [2.75, 3.05) is 21.3 Å². The zero-order valence-electron chi connectivity index (χ0n) is 20.1. The summed E-state index contributed by atoms with van der Waals surface area (Å²) in [6, 6.07) is 14.3. The fraction of sp³-hybridized carbons (Fsp3) is 0.360. The van der Waals surface area contributed by atoms with Crippen LogP contribution in [-0.2, 0) is 20.8 Å². The number of thiazole rings is 1. The Kier molecular flexibility index (Phi) is 8.70. The normalized spacial score (nSPS) is 11.6. The minimum absolute atomic E-state index is 0.247. The van der Waals surface area contributed by atoms with E-state index < -0.39 is 18.0 Å². The molecule has 3 aromatic rings. The summed E-state index contributed by atoms with van der Waals surface area (Å²) >= 11 is 2.90. The van der Waals surface area contributed by atoms with E-state index in [1.54, 1.807) is 39.5 Å². The molecule has 0 fully saturated rings. The summed E-state index contributed by atoms with van der Waals surface area (Å²) in [4.78, 5) is 19.5. The molecule has 0 aliphatic heterocycles. The molecule has 0 aliphatic carbocycles. The molecule has 182 valence electrons. The molecule has 9 heteroatoms. The first-order valence-electron chi connectivity index (χ1n) is 10.6. The van der Waals surface area contributed by atoms with Gasteiger partial charge in [-0.2, -0.15) is 0 Å². The monoisotopic (exact) mass is 504 g/mol. The van der Waals surface area contributed by atoms with Crippen molar-refractivity contribution in [3.8, 4) is 11.3 Å². The lowest BCUT2D eigenvalue weighted by Crippen LogP contribution is -2.33. The Balaban J connectivity index is 1.93. The summed E-state index contributed by atoms with van der Waals surface area (Å²) in [7, 11) is 4.83. The molecule has 0 unspecified atom stereocenters. The average Bonchev–Trinajstić information content (AvgIpc) is 3.15. The van der Waals surface area contributed by atoms with Crippen LogP contribution in [0.25, 0.3) is 11.3 Å². The van der Waals surface area contributed by atoms with Crippen LogP contribution in [0, 0.1) is 5.82 Å². The Morgan fingerprint density at radius 1 is 1.15 bits per heavy atom. The number of benzene rings is 2. The van der Waals surface area contributed by atoms with Gasteiger partial charge in [-0.25, -0.2) is 14.2 Å². The topological polar surface area (TPSA) is 60.9 Å². The molecule has 0 saturated heterocycles. The van der Waals surface area contributed by atoms with Crippen LogP contribution in [0.4, 0.5) is 9.18 Å². The Morgan fingerprint density at radius 3 is 2.50 bits per heavy atom. The molecule has 0 aliphatic rings. The van der Waals surface area contributed by atoms with Crippen molar-refractivity contribution in [2.24, 2.45) is 0 Å². The third-order valence-corrected chi connectivity index (χ3v) is 6.82. The number of halogens is 1. The highest BCUT2D eigenvalue weighted by Gasteiger charge is 2.23. The number of carbonyl (C=O) groups is 1. The molecule has 0 bridgehead atoms. The van der Waals surface area contributed by atoms with Crippen molar-refractivity contribution >= 4 is 29.2 Å². The summed E-state index contributed by atoms with van der Waals surface area (Å²) in [5, 5.41) is 0.678. The van der Waals surface area contributed by atoms with Crippen LogP contribution in [0.1, 0.15) is 37.6 Å². The minimum atomic E-state index is -0.596. The number of hydrogen-bond acceptors (Lipinski definition) is 7. The summed E-state index contributed by atoms with van der Waals surface area (Å²) in [6.07, 6.45) is -0.923. The van der Waals surface area contributed by atoms with E-state index in [1.807, 2.05) is 45.0 Å². The van der Waals surface area contributed by atoms with Crippen LogP contribution >= 0.6 is 23.1 Å². The third-order valence-electron chi connectivity index (χ3n) is 4.62. The smallest absolute Gasteiger partial charge is 0.410 e.